The molecular weight excluding hydrogens is 420 g/mol. The molecule has 2 fully saturated rings. The minimum atomic E-state index is 0.247. The summed E-state index contributed by atoms with van der Waals surface area (Å²) in [6.07, 6.45) is 7.90. The lowest BCUT2D eigenvalue weighted by Gasteiger charge is -2.39. The third-order valence-corrected chi connectivity index (χ3v) is 8.60. The average Bonchev–Trinajstić information content (AvgIpc) is 3.53. The number of hydrogen-bond donors (Lipinski definition) is 0. The van der Waals surface area contributed by atoms with Gasteiger partial charge in [-0.1, -0.05) is 48.9 Å². The molecule has 3 heterocycles. The molecule has 173 valence electrons. The van der Waals surface area contributed by atoms with Crippen LogP contribution in [0.2, 0.25) is 0 Å². The Morgan fingerprint density at radius 1 is 0.970 bits per heavy atom. The number of aryl methyl sites for hydroxylation is 1. The Labute approximate surface area is 204 Å². The minimum Gasteiger partial charge on any atom is -0.371 e. The second-order valence-corrected chi connectivity index (χ2v) is 11.0. The van der Waals surface area contributed by atoms with Crippen molar-refractivity contribution >= 4 is 17.0 Å². The fourth-order valence-electron chi connectivity index (χ4n) is 5.97. The Kier molecular flexibility index (Phi) is 7.18. The number of likely N-dealkylation sites (tertiary alicyclic amines) is 1. The second kappa shape index (κ2) is 10.4. The molecule has 0 N–H and O–H groups in total. The van der Waals surface area contributed by atoms with Gasteiger partial charge in [-0.25, -0.2) is 0 Å². The highest BCUT2D eigenvalue weighted by Crippen LogP contribution is 2.39. The topological polar surface area (TPSA) is 6.48 Å². The van der Waals surface area contributed by atoms with Crippen LogP contribution >= 0.6 is 11.3 Å². The van der Waals surface area contributed by atoms with Gasteiger partial charge in [0.1, 0.15) is 0 Å². The largest absolute Gasteiger partial charge is 0.371 e. The lowest BCUT2D eigenvalue weighted by molar-refractivity contribution is 0.147. The zero-order valence-electron chi connectivity index (χ0n) is 19.8. The van der Waals surface area contributed by atoms with Crippen LogP contribution in [-0.4, -0.2) is 37.6 Å². The number of nitrogens with zero attached hydrogens (tertiary/aromatic N) is 2. The number of anilines is 1. The molecule has 0 spiro atoms. The van der Waals surface area contributed by atoms with E-state index in [1.54, 1.807) is 5.56 Å². The first-order chi connectivity index (χ1) is 16.2. The monoisotopic (exact) mass is 457 g/mol. The summed E-state index contributed by atoms with van der Waals surface area (Å²) in [5.41, 5.74) is 5.72. The molecule has 0 aliphatic carbocycles. The molecule has 2 aromatic carbocycles. The van der Waals surface area contributed by atoms with Crippen LogP contribution in [0, 0.1) is 12.8 Å². The molecule has 1 atom stereocenters. The molecule has 33 heavy (non-hydrogen) atoms. The molecule has 2 nitrogen and oxygen atoms in total. The van der Waals surface area contributed by atoms with Crippen LogP contribution in [0.15, 0.2) is 71.4 Å². The lowest BCUT2D eigenvalue weighted by atomic mass is 9.79. The van der Waals surface area contributed by atoms with Crippen molar-refractivity contribution in [2.45, 2.75) is 43.9 Å². The molecule has 5 rings (SSSR count). The van der Waals surface area contributed by atoms with Gasteiger partial charge in [0.25, 0.3) is 0 Å². The van der Waals surface area contributed by atoms with Gasteiger partial charge in [0, 0.05) is 30.7 Å². The van der Waals surface area contributed by atoms with Gasteiger partial charge in [0.15, 0.2) is 0 Å². The summed E-state index contributed by atoms with van der Waals surface area (Å²) in [7, 11) is 0. The molecule has 1 radical (unpaired) electrons. The molecule has 1 aromatic heterocycles. The summed E-state index contributed by atoms with van der Waals surface area (Å²) in [4.78, 5) is 5.36. The van der Waals surface area contributed by atoms with E-state index in [1.165, 1.54) is 69.4 Å². The molecule has 2 aliphatic heterocycles. The number of hydrogen-bond acceptors (Lipinski definition) is 3. The van der Waals surface area contributed by atoms with E-state index in [-0.39, 0.29) is 5.41 Å². The third kappa shape index (κ3) is 5.53. The zero-order chi connectivity index (χ0) is 22.5. The van der Waals surface area contributed by atoms with Gasteiger partial charge in [-0.3, -0.25) is 0 Å². The normalized spacial score (nSPS) is 22.2. The van der Waals surface area contributed by atoms with Crippen molar-refractivity contribution in [3.8, 4) is 0 Å². The van der Waals surface area contributed by atoms with Crippen LogP contribution in [0.4, 0.5) is 5.69 Å². The van der Waals surface area contributed by atoms with E-state index < -0.39 is 0 Å². The smallest absolute Gasteiger partial charge is 0.0369 e. The zero-order valence-corrected chi connectivity index (χ0v) is 20.6. The maximum atomic E-state index is 4.14. The van der Waals surface area contributed by atoms with Gasteiger partial charge in [-0.05, 0) is 104 Å². The summed E-state index contributed by atoms with van der Waals surface area (Å²) in [5.74, 6) is 0.905. The Morgan fingerprint density at radius 2 is 1.82 bits per heavy atom. The van der Waals surface area contributed by atoms with E-state index >= 15 is 0 Å². The summed E-state index contributed by atoms with van der Waals surface area (Å²) < 4.78 is 0. The maximum absolute atomic E-state index is 4.14. The fraction of sp³-hybridized carbons (Fsp3) is 0.433. The second-order valence-electron chi connectivity index (χ2n) is 10.2. The average molecular weight is 458 g/mol. The van der Waals surface area contributed by atoms with E-state index in [4.69, 9.17) is 0 Å². The molecule has 0 unspecified atom stereocenters. The van der Waals surface area contributed by atoms with E-state index in [0.29, 0.717) is 0 Å². The first-order valence-electron chi connectivity index (χ1n) is 12.7. The van der Waals surface area contributed by atoms with Crippen molar-refractivity contribution in [1.82, 2.24) is 4.90 Å². The van der Waals surface area contributed by atoms with E-state index in [0.717, 1.165) is 24.6 Å². The highest BCUT2D eigenvalue weighted by Gasteiger charge is 2.41. The fourth-order valence-corrected chi connectivity index (χ4v) is 6.75. The first kappa shape index (κ1) is 22.7. The van der Waals surface area contributed by atoms with Crippen molar-refractivity contribution < 1.29 is 0 Å². The Hall–Kier alpha value is -2.10. The van der Waals surface area contributed by atoms with Crippen LogP contribution in [0.1, 0.15) is 48.8 Å². The van der Waals surface area contributed by atoms with Crippen molar-refractivity contribution in [1.29, 1.82) is 0 Å². The maximum Gasteiger partial charge on any atom is 0.0369 e. The number of piperidine rings is 1. The highest BCUT2D eigenvalue weighted by molar-refractivity contribution is 7.08. The van der Waals surface area contributed by atoms with Gasteiger partial charge in [-0.2, -0.15) is 11.3 Å². The molecule has 3 heteroatoms. The van der Waals surface area contributed by atoms with Gasteiger partial charge >= 0.3 is 0 Å². The summed E-state index contributed by atoms with van der Waals surface area (Å²) in [6.45, 7) is 10.1. The molecule has 2 saturated heterocycles. The van der Waals surface area contributed by atoms with Crippen molar-refractivity contribution in [3.05, 3.63) is 95.0 Å². The molecular formula is C30H37N2S. The van der Waals surface area contributed by atoms with Crippen molar-refractivity contribution in [3.63, 3.8) is 0 Å². The van der Waals surface area contributed by atoms with E-state index in [9.17, 15) is 0 Å². The van der Waals surface area contributed by atoms with Crippen molar-refractivity contribution in [2.75, 3.05) is 37.6 Å². The lowest BCUT2D eigenvalue weighted by Crippen LogP contribution is -2.46. The standard InChI is InChI=1S/C30H37N2S/c1-25-7-5-12-29(21-25)32-19-16-30(24-32,28-15-20-33-22-28)23-31-17-13-27(14-18-31)11-6-10-26-8-3-2-4-9-26/h2-5,7-9,12,15,20-22,27H,1,6,10-11,13-14,16-19,23-24H2/t30-/m0/s1. The predicted molar refractivity (Wildman–Crippen MR) is 142 cm³/mol. The quantitative estimate of drug-likeness (QED) is 0.366. The highest BCUT2D eigenvalue weighted by atomic mass is 32.1. The van der Waals surface area contributed by atoms with Gasteiger partial charge in [0.05, 0.1) is 0 Å². The van der Waals surface area contributed by atoms with Crippen LogP contribution in [0.3, 0.4) is 0 Å². The molecule has 0 saturated carbocycles. The van der Waals surface area contributed by atoms with Gasteiger partial charge in [-0.15, -0.1) is 0 Å². The van der Waals surface area contributed by atoms with Crippen molar-refractivity contribution in [2.24, 2.45) is 5.92 Å². The Balaban J connectivity index is 1.17. The van der Waals surface area contributed by atoms with Gasteiger partial charge in [0.2, 0.25) is 0 Å². The predicted octanol–water partition coefficient (Wildman–Crippen LogP) is 6.81. The third-order valence-electron chi connectivity index (χ3n) is 7.92. The van der Waals surface area contributed by atoms with Crippen LogP contribution in [-0.2, 0) is 11.8 Å². The molecule has 0 amide bonds. The Morgan fingerprint density at radius 3 is 2.58 bits per heavy atom. The summed E-state index contributed by atoms with van der Waals surface area (Å²) in [5, 5.41) is 4.66. The van der Waals surface area contributed by atoms with Crippen LogP contribution in [0.25, 0.3) is 0 Å². The molecule has 3 aromatic rings. The summed E-state index contributed by atoms with van der Waals surface area (Å²) >= 11 is 1.85. The Bertz CT molecular complexity index is 991. The number of benzene rings is 2. The van der Waals surface area contributed by atoms with E-state index in [2.05, 4.69) is 88.1 Å². The SMILES string of the molecule is [CH2]c1cccc(N2CC[C@@](CN3CCC(CCCc4ccccc4)CC3)(c3ccsc3)C2)c1. The van der Waals surface area contributed by atoms with Crippen LogP contribution < -0.4 is 4.90 Å². The van der Waals surface area contributed by atoms with E-state index in [1.807, 2.05) is 11.3 Å². The van der Waals surface area contributed by atoms with Gasteiger partial charge < -0.3 is 9.80 Å². The molecule has 2 aliphatic rings. The first-order valence-corrected chi connectivity index (χ1v) is 13.6. The summed E-state index contributed by atoms with van der Waals surface area (Å²) in [6, 6.07) is 22.1. The molecule has 0 bridgehead atoms. The number of thiophene rings is 1. The van der Waals surface area contributed by atoms with Crippen LogP contribution in [0.5, 0.6) is 0 Å². The number of rotatable bonds is 8. The minimum absolute atomic E-state index is 0.247.